The number of rotatable bonds is 2. The number of hydrogen-bond donors (Lipinski definition) is 0. The fourth-order valence-corrected chi connectivity index (χ4v) is 2.40. The molecule has 0 aliphatic rings. The van der Waals surface area contributed by atoms with Crippen molar-refractivity contribution in [1.29, 1.82) is 0 Å². The van der Waals surface area contributed by atoms with Crippen molar-refractivity contribution in [1.82, 2.24) is 9.97 Å². The van der Waals surface area contributed by atoms with Crippen molar-refractivity contribution in [3.63, 3.8) is 0 Å². The van der Waals surface area contributed by atoms with Crippen molar-refractivity contribution < 1.29 is 4.74 Å². The third kappa shape index (κ3) is 1.62. The molecule has 5 heteroatoms. The summed E-state index contributed by atoms with van der Waals surface area (Å²) in [6, 6.07) is 3.84. The Bertz CT molecular complexity index is 425. The number of fused-ring (bicyclic) bond motifs is 1. The predicted molar refractivity (Wildman–Crippen MR) is 55.7 cm³/mol. The minimum Gasteiger partial charge on any atom is -0.481 e. The summed E-state index contributed by atoms with van der Waals surface area (Å²) in [5, 5.41) is 0. The largest absolute Gasteiger partial charge is 0.481 e. The van der Waals surface area contributed by atoms with Crippen LogP contribution >= 0.6 is 23.1 Å². The maximum absolute atomic E-state index is 5.01. The lowest BCUT2D eigenvalue weighted by Gasteiger charge is -1.94. The molecule has 0 aliphatic carbocycles. The minimum atomic E-state index is 0.616. The van der Waals surface area contributed by atoms with E-state index in [4.69, 9.17) is 4.74 Å². The van der Waals surface area contributed by atoms with Gasteiger partial charge in [-0.2, -0.15) is 4.98 Å². The Morgan fingerprint density at radius 3 is 2.92 bits per heavy atom. The molecule has 0 radical (unpaired) electrons. The van der Waals surface area contributed by atoms with E-state index in [1.165, 1.54) is 0 Å². The van der Waals surface area contributed by atoms with Crippen molar-refractivity contribution in [3.05, 3.63) is 12.1 Å². The first-order valence-electron chi connectivity index (χ1n) is 3.69. The average Bonchev–Trinajstić information content (AvgIpc) is 2.58. The Labute approximate surface area is 84.2 Å². The van der Waals surface area contributed by atoms with Crippen LogP contribution in [0.2, 0.25) is 0 Å². The molecule has 2 aromatic rings. The summed E-state index contributed by atoms with van der Waals surface area (Å²) in [5.74, 6) is 0.616. The maximum Gasteiger partial charge on any atom is 0.215 e. The smallest absolute Gasteiger partial charge is 0.215 e. The van der Waals surface area contributed by atoms with E-state index in [1.54, 1.807) is 30.2 Å². The number of thiazole rings is 1. The number of pyridine rings is 1. The van der Waals surface area contributed by atoms with Crippen LogP contribution in [0.5, 0.6) is 5.88 Å². The van der Waals surface area contributed by atoms with Crippen molar-refractivity contribution in [2.45, 2.75) is 4.34 Å². The van der Waals surface area contributed by atoms with Crippen LogP contribution in [0.1, 0.15) is 0 Å². The van der Waals surface area contributed by atoms with E-state index >= 15 is 0 Å². The van der Waals surface area contributed by atoms with Crippen molar-refractivity contribution >= 4 is 33.4 Å². The molecule has 2 heterocycles. The highest BCUT2D eigenvalue weighted by Crippen LogP contribution is 2.27. The van der Waals surface area contributed by atoms with Crippen LogP contribution in [0.25, 0.3) is 10.3 Å². The third-order valence-corrected chi connectivity index (χ3v) is 3.59. The number of aromatic nitrogens is 2. The topological polar surface area (TPSA) is 35.0 Å². The lowest BCUT2D eigenvalue weighted by Crippen LogP contribution is -1.86. The summed E-state index contributed by atoms with van der Waals surface area (Å²) < 4.78 is 7.15. The summed E-state index contributed by atoms with van der Waals surface area (Å²) in [6.45, 7) is 0. The molecule has 13 heavy (non-hydrogen) atoms. The first-order valence-corrected chi connectivity index (χ1v) is 5.73. The van der Waals surface area contributed by atoms with Gasteiger partial charge >= 0.3 is 0 Å². The van der Waals surface area contributed by atoms with Crippen LogP contribution in [0.4, 0.5) is 0 Å². The van der Waals surface area contributed by atoms with Crippen LogP contribution in [0, 0.1) is 0 Å². The quantitative estimate of drug-likeness (QED) is 0.716. The van der Waals surface area contributed by atoms with Gasteiger partial charge in [0.25, 0.3) is 0 Å². The lowest BCUT2D eigenvalue weighted by atomic mass is 10.5. The van der Waals surface area contributed by atoms with Crippen LogP contribution < -0.4 is 4.74 Å². The number of ether oxygens (including phenoxy) is 1. The Hall–Kier alpha value is -0.810. The molecular formula is C8H8N2OS2. The van der Waals surface area contributed by atoms with Gasteiger partial charge in [-0.1, -0.05) is 11.8 Å². The molecule has 68 valence electrons. The van der Waals surface area contributed by atoms with E-state index in [-0.39, 0.29) is 0 Å². The molecule has 3 nitrogen and oxygen atoms in total. The Balaban J connectivity index is 2.57. The molecule has 0 fully saturated rings. The van der Waals surface area contributed by atoms with E-state index in [0.29, 0.717) is 5.88 Å². The molecule has 0 aliphatic heterocycles. The zero-order valence-electron chi connectivity index (χ0n) is 7.27. The second kappa shape index (κ2) is 3.51. The van der Waals surface area contributed by atoms with E-state index in [0.717, 1.165) is 14.7 Å². The molecule has 2 aromatic heterocycles. The zero-order chi connectivity index (χ0) is 9.26. The van der Waals surface area contributed by atoms with Gasteiger partial charge in [0.05, 0.1) is 11.8 Å². The van der Waals surface area contributed by atoms with Crippen LogP contribution in [0.15, 0.2) is 16.5 Å². The second-order valence-corrected chi connectivity index (χ2v) is 4.44. The Morgan fingerprint density at radius 1 is 1.38 bits per heavy atom. The van der Waals surface area contributed by atoms with Crippen LogP contribution in [-0.2, 0) is 0 Å². The number of nitrogens with zero attached hydrogens (tertiary/aromatic N) is 2. The minimum absolute atomic E-state index is 0.616. The molecule has 0 saturated carbocycles. The monoisotopic (exact) mass is 212 g/mol. The van der Waals surface area contributed by atoms with E-state index < -0.39 is 0 Å². The predicted octanol–water partition coefficient (Wildman–Crippen LogP) is 2.42. The zero-order valence-corrected chi connectivity index (χ0v) is 8.91. The van der Waals surface area contributed by atoms with Crippen molar-refractivity contribution in [2.75, 3.05) is 13.4 Å². The second-order valence-electron chi connectivity index (χ2n) is 2.36. The normalized spacial score (nSPS) is 10.6. The summed E-state index contributed by atoms with van der Waals surface area (Å²) in [6.07, 6.45) is 2.01. The Morgan fingerprint density at radius 2 is 2.23 bits per heavy atom. The van der Waals surface area contributed by atoms with Gasteiger partial charge in [-0.25, -0.2) is 4.98 Å². The molecule has 0 bridgehead atoms. The highest BCUT2D eigenvalue weighted by Gasteiger charge is 2.04. The summed E-state index contributed by atoms with van der Waals surface area (Å²) >= 11 is 3.28. The van der Waals surface area contributed by atoms with Gasteiger partial charge in [-0.05, 0) is 12.3 Å². The average molecular weight is 212 g/mol. The van der Waals surface area contributed by atoms with Gasteiger partial charge in [-0.15, -0.1) is 11.3 Å². The molecule has 0 saturated heterocycles. The van der Waals surface area contributed by atoms with Crippen molar-refractivity contribution in [2.24, 2.45) is 0 Å². The van der Waals surface area contributed by atoms with E-state index in [2.05, 4.69) is 9.97 Å². The van der Waals surface area contributed by atoms with Gasteiger partial charge in [-0.3, -0.25) is 0 Å². The molecule has 2 rings (SSSR count). The van der Waals surface area contributed by atoms with E-state index in [1.807, 2.05) is 18.4 Å². The molecule has 0 N–H and O–H groups in total. The molecule has 0 aromatic carbocycles. The Kier molecular flexibility index (Phi) is 2.37. The fourth-order valence-electron chi connectivity index (χ4n) is 0.982. The molecule has 0 atom stereocenters. The molecule has 0 amide bonds. The molecule has 0 spiro atoms. The number of hydrogen-bond acceptors (Lipinski definition) is 5. The summed E-state index contributed by atoms with van der Waals surface area (Å²) in [4.78, 5) is 8.56. The highest BCUT2D eigenvalue weighted by atomic mass is 32.2. The summed E-state index contributed by atoms with van der Waals surface area (Å²) in [7, 11) is 1.61. The lowest BCUT2D eigenvalue weighted by molar-refractivity contribution is 0.399. The van der Waals surface area contributed by atoms with Gasteiger partial charge in [0.2, 0.25) is 5.88 Å². The number of thioether (sulfide) groups is 1. The highest BCUT2D eigenvalue weighted by molar-refractivity contribution is 8.00. The van der Waals surface area contributed by atoms with Gasteiger partial charge < -0.3 is 4.74 Å². The summed E-state index contributed by atoms with van der Waals surface area (Å²) in [5.41, 5.74) is 0.772. The van der Waals surface area contributed by atoms with Crippen LogP contribution in [-0.4, -0.2) is 23.3 Å². The van der Waals surface area contributed by atoms with E-state index in [9.17, 15) is 0 Å². The van der Waals surface area contributed by atoms with Gasteiger partial charge in [0.15, 0.2) is 9.99 Å². The molecular weight excluding hydrogens is 204 g/mol. The third-order valence-electron chi connectivity index (χ3n) is 1.59. The van der Waals surface area contributed by atoms with Crippen LogP contribution in [0.3, 0.4) is 0 Å². The number of methoxy groups -OCH3 is 1. The first kappa shape index (κ1) is 8.77. The van der Waals surface area contributed by atoms with Crippen molar-refractivity contribution in [3.8, 4) is 5.88 Å². The molecule has 0 unspecified atom stereocenters. The van der Waals surface area contributed by atoms with Gasteiger partial charge in [0.1, 0.15) is 0 Å². The SMILES string of the molecule is COc1ccc2sc(SC)nc2n1. The standard InChI is InChI=1S/C8H8N2OS2/c1-11-6-4-3-5-7(9-6)10-8(12-2)13-5/h3-4H,1-2H3. The maximum atomic E-state index is 5.01. The van der Waals surface area contributed by atoms with Gasteiger partial charge in [0, 0.05) is 6.07 Å². The first-order chi connectivity index (χ1) is 6.33. The fraction of sp³-hybridized carbons (Fsp3) is 0.250.